The molecule has 1 aromatic rings. The summed E-state index contributed by atoms with van der Waals surface area (Å²) in [6.07, 6.45) is 2.46. The number of likely N-dealkylation sites (tertiary alicyclic amines) is 1. The van der Waals surface area contributed by atoms with Gasteiger partial charge in [-0.05, 0) is 56.5 Å². The smallest absolute Gasteiger partial charge is 0.120 e. The second-order valence-corrected chi connectivity index (χ2v) is 6.99. The second-order valence-electron chi connectivity index (χ2n) is 6.08. The molecule has 1 saturated heterocycles. The fourth-order valence-electron chi connectivity index (χ4n) is 2.57. The first-order valence-electron chi connectivity index (χ1n) is 6.61. The third-order valence-electron chi connectivity index (χ3n) is 4.14. The van der Waals surface area contributed by atoms with Crippen LogP contribution in [0.15, 0.2) is 22.7 Å². The van der Waals surface area contributed by atoms with Crippen LogP contribution in [0.3, 0.4) is 0 Å². The van der Waals surface area contributed by atoms with E-state index in [1.807, 2.05) is 12.1 Å². The second kappa shape index (κ2) is 5.22. The summed E-state index contributed by atoms with van der Waals surface area (Å²) in [5, 5.41) is 9.99. The van der Waals surface area contributed by atoms with Crippen molar-refractivity contribution < 1.29 is 5.11 Å². The zero-order chi connectivity index (χ0) is 13.3. The molecule has 0 radical (unpaired) electrons. The van der Waals surface area contributed by atoms with Gasteiger partial charge in [0.1, 0.15) is 5.75 Å². The van der Waals surface area contributed by atoms with E-state index in [1.54, 1.807) is 6.07 Å². The molecule has 2 rings (SSSR count). The van der Waals surface area contributed by atoms with Gasteiger partial charge in [-0.15, -0.1) is 0 Å². The summed E-state index contributed by atoms with van der Waals surface area (Å²) < 4.78 is 1.03. The summed E-state index contributed by atoms with van der Waals surface area (Å²) in [6.45, 7) is 9.08. The maximum atomic E-state index is 9.99. The van der Waals surface area contributed by atoms with Crippen LogP contribution < -0.4 is 0 Å². The molecular formula is C15H22BrNO. The SMILES string of the molecule is CC(c1cc(Br)ccc1O)N1CCC(C)(C)CC1. The number of halogens is 1. The molecule has 0 aromatic heterocycles. The number of rotatable bonds is 2. The molecule has 1 fully saturated rings. The van der Waals surface area contributed by atoms with Crippen molar-refractivity contribution in [2.45, 2.75) is 39.7 Å². The van der Waals surface area contributed by atoms with Gasteiger partial charge in [0.15, 0.2) is 0 Å². The molecule has 0 aliphatic carbocycles. The van der Waals surface area contributed by atoms with Gasteiger partial charge in [0.05, 0.1) is 0 Å². The zero-order valence-electron chi connectivity index (χ0n) is 11.4. The van der Waals surface area contributed by atoms with Crippen molar-refractivity contribution in [3.05, 3.63) is 28.2 Å². The Kier molecular flexibility index (Phi) is 4.02. The van der Waals surface area contributed by atoms with Crippen LogP contribution in [-0.4, -0.2) is 23.1 Å². The van der Waals surface area contributed by atoms with E-state index in [4.69, 9.17) is 0 Å². The Morgan fingerprint density at radius 3 is 2.50 bits per heavy atom. The molecule has 1 atom stereocenters. The summed E-state index contributed by atoms with van der Waals surface area (Å²) in [6, 6.07) is 5.95. The Balaban J connectivity index is 2.12. The highest BCUT2D eigenvalue weighted by atomic mass is 79.9. The lowest BCUT2D eigenvalue weighted by Gasteiger charge is -2.40. The Morgan fingerprint density at radius 1 is 1.28 bits per heavy atom. The molecule has 2 nitrogen and oxygen atoms in total. The highest BCUT2D eigenvalue weighted by Crippen LogP contribution is 2.36. The van der Waals surface area contributed by atoms with Gasteiger partial charge in [0.2, 0.25) is 0 Å². The molecule has 1 unspecified atom stereocenters. The van der Waals surface area contributed by atoms with Crippen molar-refractivity contribution in [2.24, 2.45) is 5.41 Å². The molecule has 0 amide bonds. The first-order valence-corrected chi connectivity index (χ1v) is 7.41. The number of nitrogens with zero attached hydrogens (tertiary/aromatic N) is 1. The summed E-state index contributed by atoms with van der Waals surface area (Å²) in [5.74, 6) is 0.399. The van der Waals surface area contributed by atoms with E-state index in [-0.39, 0.29) is 6.04 Å². The molecule has 0 spiro atoms. The minimum Gasteiger partial charge on any atom is -0.508 e. The van der Waals surface area contributed by atoms with Crippen LogP contribution in [0.1, 0.15) is 45.2 Å². The normalized spacial score (nSPS) is 21.8. The molecule has 1 N–H and O–H groups in total. The third kappa shape index (κ3) is 3.07. The van der Waals surface area contributed by atoms with Gasteiger partial charge in [0.25, 0.3) is 0 Å². The van der Waals surface area contributed by atoms with Crippen LogP contribution in [0.2, 0.25) is 0 Å². The molecule has 100 valence electrons. The molecule has 1 heterocycles. The van der Waals surface area contributed by atoms with Gasteiger partial charge in [0, 0.05) is 16.1 Å². The van der Waals surface area contributed by atoms with E-state index < -0.39 is 0 Å². The van der Waals surface area contributed by atoms with Gasteiger partial charge < -0.3 is 5.11 Å². The van der Waals surface area contributed by atoms with E-state index in [1.165, 1.54) is 12.8 Å². The van der Waals surface area contributed by atoms with Crippen LogP contribution in [0.5, 0.6) is 5.75 Å². The van der Waals surface area contributed by atoms with Gasteiger partial charge in [-0.25, -0.2) is 0 Å². The number of phenols is 1. The predicted octanol–water partition coefficient (Wildman–Crippen LogP) is 4.34. The van der Waals surface area contributed by atoms with Crippen LogP contribution in [0, 0.1) is 5.41 Å². The Morgan fingerprint density at radius 2 is 1.89 bits per heavy atom. The molecule has 1 aliphatic heterocycles. The summed E-state index contributed by atoms with van der Waals surface area (Å²) in [5.41, 5.74) is 1.49. The number of piperidine rings is 1. The van der Waals surface area contributed by atoms with Crippen LogP contribution in [-0.2, 0) is 0 Å². The van der Waals surface area contributed by atoms with Gasteiger partial charge in [-0.2, -0.15) is 0 Å². The van der Waals surface area contributed by atoms with E-state index in [9.17, 15) is 5.11 Å². The van der Waals surface area contributed by atoms with E-state index in [0.717, 1.165) is 23.1 Å². The molecule has 0 saturated carbocycles. The number of hydrogen-bond donors (Lipinski definition) is 1. The summed E-state index contributed by atoms with van der Waals surface area (Å²) >= 11 is 3.48. The van der Waals surface area contributed by atoms with Crippen LogP contribution >= 0.6 is 15.9 Å². The molecule has 1 aliphatic rings. The molecule has 3 heteroatoms. The largest absolute Gasteiger partial charge is 0.508 e. The Bertz CT molecular complexity index is 421. The Hall–Kier alpha value is -0.540. The number of phenolic OH excluding ortho intramolecular Hbond substituents is 1. The number of aromatic hydroxyl groups is 1. The predicted molar refractivity (Wildman–Crippen MR) is 78.8 cm³/mol. The monoisotopic (exact) mass is 311 g/mol. The van der Waals surface area contributed by atoms with Gasteiger partial charge in [-0.3, -0.25) is 4.90 Å². The van der Waals surface area contributed by atoms with Crippen molar-refractivity contribution in [3.63, 3.8) is 0 Å². The zero-order valence-corrected chi connectivity index (χ0v) is 13.0. The average Bonchev–Trinajstić information content (AvgIpc) is 2.31. The maximum Gasteiger partial charge on any atom is 0.120 e. The van der Waals surface area contributed by atoms with E-state index in [2.05, 4.69) is 41.6 Å². The van der Waals surface area contributed by atoms with Crippen molar-refractivity contribution >= 4 is 15.9 Å². The quantitative estimate of drug-likeness (QED) is 0.878. The average molecular weight is 312 g/mol. The van der Waals surface area contributed by atoms with Gasteiger partial charge >= 0.3 is 0 Å². The minimum atomic E-state index is 0.276. The standard InChI is InChI=1S/C15H22BrNO/c1-11(13-10-12(16)4-5-14(13)18)17-8-6-15(2,3)7-9-17/h4-5,10-11,18H,6-9H2,1-3H3. The van der Waals surface area contributed by atoms with Crippen molar-refractivity contribution in [1.82, 2.24) is 4.90 Å². The highest BCUT2D eigenvalue weighted by molar-refractivity contribution is 9.10. The van der Waals surface area contributed by atoms with Crippen LogP contribution in [0.4, 0.5) is 0 Å². The number of hydrogen-bond acceptors (Lipinski definition) is 2. The van der Waals surface area contributed by atoms with Crippen molar-refractivity contribution in [2.75, 3.05) is 13.1 Å². The molecule has 1 aromatic carbocycles. The van der Waals surface area contributed by atoms with E-state index >= 15 is 0 Å². The molecular weight excluding hydrogens is 290 g/mol. The summed E-state index contributed by atoms with van der Waals surface area (Å²) in [4.78, 5) is 2.47. The molecule has 18 heavy (non-hydrogen) atoms. The topological polar surface area (TPSA) is 23.5 Å². The fourth-order valence-corrected chi connectivity index (χ4v) is 2.95. The van der Waals surface area contributed by atoms with Crippen molar-refractivity contribution in [3.8, 4) is 5.75 Å². The van der Waals surface area contributed by atoms with E-state index in [0.29, 0.717) is 11.2 Å². The fraction of sp³-hybridized carbons (Fsp3) is 0.600. The third-order valence-corrected chi connectivity index (χ3v) is 4.63. The highest BCUT2D eigenvalue weighted by Gasteiger charge is 2.28. The number of benzene rings is 1. The summed E-state index contributed by atoms with van der Waals surface area (Å²) in [7, 11) is 0. The lowest BCUT2D eigenvalue weighted by Crippen LogP contribution is -2.38. The Labute approximate surface area is 118 Å². The first-order chi connectivity index (χ1) is 8.39. The minimum absolute atomic E-state index is 0.276. The lowest BCUT2D eigenvalue weighted by molar-refractivity contribution is 0.0994. The molecule has 0 bridgehead atoms. The first kappa shape index (κ1) is 13.9. The maximum absolute atomic E-state index is 9.99. The van der Waals surface area contributed by atoms with Gasteiger partial charge in [-0.1, -0.05) is 29.8 Å². The van der Waals surface area contributed by atoms with Crippen molar-refractivity contribution in [1.29, 1.82) is 0 Å². The van der Waals surface area contributed by atoms with Crippen LogP contribution in [0.25, 0.3) is 0 Å². The lowest BCUT2D eigenvalue weighted by atomic mass is 9.82.